The summed E-state index contributed by atoms with van der Waals surface area (Å²) in [6, 6.07) is 9.94. The van der Waals surface area contributed by atoms with E-state index in [1.807, 2.05) is 30.3 Å². The van der Waals surface area contributed by atoms with Crippen LogP contribution in [0.5, 0.6) is 0 Å². The van der Waals surface area contributed by atoms with Crippen molar-refractivity contribution in [1.82, 2.24) is 0 Å². The number of nitrogens with two attached hydrogens (primary N) is 1. The van der Waals surface area contributed by atoms with Crippen LogP contribution in [0.2, 0.25) is 0 Å². The summed E-state index contributed by atoms with van der Waals surface area (Å²) in [6.45, 7) is 6.00. The molecule has 0 unspecified atom stereocenters. The third-order valence-electron chi connectivity index (χ3n) is 0.839. The van der Waals surface area contributed by atoms with Crippen molar-refractivity contribution in [1.29, 1.82) is 0 Å². The van der Waals surface area contributed by atoms with Gasteiger partial charge in [0.25, 0.3) is 0 Å². The van der Waals surface area contributed by atoms with Gasteiger partial charge in [0.15, 0.2) is 0 Å². The molecule has 0 bridgehead atoms. The number of benzene rings is 1. The van der Waals surface area contributed by atoms with Crippen molar-refractivity contribution in [3.63, 3.8) is 0 Å². The average Bonchev–Trinajstić information content (AvgIpc) is 2.21. The van der Waals surface area contributed by atoms with Gasteiger partial charge in [-0.05, 0) is 4.90 Å². The quantitative estimate of drug-likeness (QED) is 0.367. The molecule has 0 heterocycles. The summed E-state index contributed by atoms with van der Waals surface area (Å²) in [5.41, 5.74) is 3.92. The summed E-state index contributed by atoms with van der Waals surface area (Å²) >= 11 is 4.74. The number of primary amides is 1. The monoisotopic (exact) mass is 293 g/mol. The van der Waals surface area contributed by atoms with E-state index in [4.69, 9.17) is 21.6 Å². The second-order valence-corrected chi connectivity index (χ2v) is 2.85. The molecular formula is C9H11NO2S2Zn. The van der Waals surface area contributed by atoms with Gasteiger partial charge in [-0.25, -0.2) is 0 Å². The van der Waals surface area contributed by atoms with E-state index >= 15 is 0 Å². The molecule has 1 aromatic rings. The van der Waals surface area contributed by atoms with Gasteiger partial charge in [-0.1, -0.05) is 30.3 Å². The van der Waals surface area contributed by atoms with Crippen LogP contribution in [0.1, 0.15) is 0 Å². The number of carbonyl (C=O) groups excluding carboxylic acids is 1. The van der Waals surface area contributed by atoms with Crippen LogP contribution < -0.4 is 10.8 Å². The van der Waals surface area contributed by atoms with E-state index in [9.17, 15) is 0 Å². The summed E-state index contributed by atoms with van der Waals surface area (Å²) in [5, 5.41) is 8.67. The van der Waals surface area contributed by atoms with Crippen LogP contribution in [0, 0.1) is 0 Å². The molecule has 0 saturated heterocycles. The molecule has 0 fully saturated rings. The van der Waals surface area contributed by atoms with Gasteiger partial charge < -0.3 is 27.3 Å². The van der Waals surface area contributed by atoms with Crippen molar-refractivity contribution in [3.8, 4) is 0 Å². The number of carbonyl (C=O) groups is 1. The number of amides is 1. The third-order valence-corrected chi connectivity index (χ3v) is 1.88. The Morgan fingerprint density at radius 3 is 1.87 bits per heavy atom. The molecule has 0 aliphatic heterocycles. The van der Waals surface area contributed by atoms with Crippen LogP contribution in [-0.4, -0.2) is 6.09 Å². The molecule has 0 radical (unpaired) electrons. The summed E-state index contributed by atoms with van der Waals surface area (Å²) in [4.78, 5) is 9.81. The fraction of sp³-hybridized carbons (Fsp3) is 0. The molecular weight excluding hydrogens is 284 g/mol. The van der Waals surface area contributed by atoms with Crippen molar-refractivity contribution >= 4 is 28.5 Å². The van der Waals surface area contributed by atoms with Gasteiger partial charge in [-0.3, -0.25) is 10.8 Å². The molecule has 0 spiro atoms. The minimum Gasteiger partial charge on any atom is -0.714 e. The first kappa shape index (κ1) is 20.0. The molecule has 2 N–H and O–H groups in total. The topological polar surface area (TPSA) is 66.2 Å². The normalized spacial score (nSPS) is 6.73. The van der Waals surface area contributed by atoms with Crippen molar-refractivity contribution in [2.24, 2.45) is 5.73 Å². The maximum atomic E-state index is 8.67. The van der Waals surface area contributed by atoms with Gasteiger partial charge in [0.1, 0.15) is 6.09 Å². The van der Waals surface area contributed by atoms with Crippen molar-refractivity contribution in [2.45, 2.75) is 4.90 Å². The zero-order chi connectivity index (χ0) is 11.4. The Bertz CT molecular complexity index is 243. The van der Waals surface area contributed by atoms with Gasteiger partial charge in [0.05, 0.1) is 0 Å². The van der Waals surface area contributed by atoms with Crippen LogP contribution >= 0.6 is 10.8 Å². The Morgan fingerprint density at radius 2 is 1.67 bits per heavy atom. The Hall–Kier alpha value is -0.447. The van der Waals surface area contributed by atoms with Gasteiger partial charge in [-0.15, -0.1) is 13.2 Å². The molecule has 0 aliphatic carbocycles. The predicted octanol–water partition coefficient (Wildman–Crippen LogP) is 1.33. The minimum atomic E-state index is -1.58. The van der Waals surface area contributed by atoms with E-state index in [0.717, 1.165) is 4.90 Å². The first-order valence-electron chi connectivity index (χ1n) is 3.48. The number of hydrogen-bond acceptors (Lipinski definition) is 4. The van der Waals surface area contributed by atoms with E-state index < -0.39 is 6.09 Å². The van der Waals surface area contributed by atoms with Gasteiger partial charge >= 0.3 is 19.5 Å². The van der Waals surface area contributed by atoms with Crippen molar-refractivity contribution in [2.75, 3.05) is 0 Å². The third kappa shape index (κ3) is 19.8. The van der Waals surface area contributed by atoms with Crippen molar-refractivity contribution < 1.29 is 29.4 Å². The molecule has 6 heteroatoms. The Morgan fingerprint density at radius 1 is 1.33 bits per heavy atom. The summed E-state index contributed by atoms with van der Waals surface area (Å²) in [6.07, 6.45) is -1.58. The Labute approximate surface area is 112 Å². The number of rotatable bonds is 1. The van der Waals surface area contributed by atoms with Crippen LogP contribution in [0.15, 0.2) is 48.4 Å². The number of hydrogen-bond donors (Lipinski definition) is 1. The molecule has 1 amide bonds. The van der Waals surface area contributed by atoms with E-state index in [1.165, 1.54) is 10.8 Å². The molecule has 78 valence electrons. The van der Waals surface area contributed by atoms with Gasteiger partial charge in [0, 0.05) is 0 Å². The van der Waals surface area contributed by atoms with E-state index in [1.54, 1.807) is 0 Å². The minimum absolute atomic E-state index is 0. The summed E-state index contributed by atoms with van der Waals surface area (Å²) in [5.74, 6) is 0. The van der Waals surface area contributed by atoms with E-state index in [0.29, 0.717) is 0 Å². The Balaban J connectivity index is -0.000000179. The summed E-state index contributed by atoms with van der Waals surface area (Å²) < 4.78 is 0. The predicted molar refractivity (Wildman–Crippen MR) is 60.5 cm³/mol. The van der Waals surface area contributed by atoms with E-state index in [2.05, 4.69) is 18.9 Å². The smallest absolute Gasteiger partial charge is 0.714 e. The second-order valence-electron chi connectivity index (χ2n) is 1.72. The standard InChI is InChI=1S/C6H6S2.C2H4.CH3NO2.Zn/c7-8-6-4-2-1-3-5-6;1-2;2-1(3)4;/h1-5,7H;1-2H2;2H2,(H,3,4);/q;;;+2/p-2. The maximum Gasteiger partial charge on any atom is 2.00 e. The summed E-state index contributed by atoms with van der Waals surface area (Å²) in [7, 11) is 1.35. The second kappa shape index (κ2) is 16.0. The molecule has 0 aromatic heterocycles. The largest absolute Gasteiger partial charge is 2.00 e. The van der Waals surface area contributed by atoms with Crippen LogP contribution in [0.25, 0.3) is 0 Å². The zero-order valence-corrected chi connectivity index (χ0v) is 12.8. The van der Waals surface area contributed by atoms with Gasteiger partial charge in [0.2, 0.25) is 0 Å². The van der Waals surface area contributed by atoms with Crippen LogP contribution in [0.3, 0.4) is 0 Å². The Kier molecular flexibility index (Phi) is 21.4. The molecule has 0 atom stereocenters. The van der Waals surface area contributed by atoms with Crippen LogP contribution in [0.4, 0.5) is 4.79 Å². The fourth-order valence-corrected chi connectivity index (χ4v) is 1.08. The first-order valence-corrected chi connectivity index (χ1v) is 5.22. The van der Waals surface area contributed by atoms with Crippen molar-refractivity contribution in [3.05, 3.63) is 43.5 Å². The fourth-order valence-electron chi connectivity index (χ4n) is 0.476. The maximum absolute atomic E-state index is 8.67. The number of carboxylic acid groups (broad SMARTS) is 1. The molecule has 0 aliphatic rings. The zero-order valence-electron chi connectivity index (χ0n) is 8.22. The molecule has 3 nitrogen and oxygen atoms in total. The molecule has 0 saturated carbocycles. The van der Waals surface area contributed by atoms with Crippen LogP contribution in [-0.2, 0) is 31.1 Å². The SMILES string of the molecule is C=C.NC(=O)[O-].[S-]Sc1ccccc1.[Zn+2]. The molecule has 15 heavy (non-hydrogen) atoms. The van der Waals surface area contributed by atoms with E-state index in [-0.39, 0.29) is 19.5 Å². The average molecular weight is 295 g/mol. The van der Waals surface area contributed by atoms with Gasteiger partial charge in [-0.2, -0.15) is 0 Å². The molecule has 1 aromatic carbocycles. The first-order chi connectivity index (χ1) is 6.66. The molecule has 1 rings (SSSR count).